The zero-order chi connectivity index (χ0) is 20.2. The average molecular weight is 390 g/mol. The summed E-state index contributed by atoms with van der Waals surface area (Å²) in [6, 6.07) is 7.25. The van der Waals surface area contributed by atoms with Crippen LogP contribution in [0.3, 0.4) is 0 Å². The normalized spacial score (nSPS) is 12.4. The van der Waals surface area contributed by atoms with Crippen LogP contribution in [0, 0.1) is 17.5 Å². The average Bonchev–Trinajstić information content (AvgIpc) is 2.61. The molecule has 0 aliphatic heterocycles. The van der Waals surface area contributed by atoms with Crippen LogP contribution in [0.2, 0.25) is 0 Å². The van der Waals surface area contributed by atoms with Crippen molar-refractivity contribution in [3.05, 3.63) is 65.5 Å². The SMILES string of the molecule is O=C(Nc1ccc(F)c(F)c1F)[C@H](Cc1ccccc1)NC(=O)C(F)(F)F. The first-order chi connectivity index (χ1) is 12.6. The first-order valence-electron chi connectivity index (χ1n) is 7.45. The Morgan fingerprint density at radius 2 is 1.56 bits per heavy atom. The third-order valence-electron chi connectivity index (χ3n) is 3.45. The Balaban J connectivity index is 2.25. The van der Waals surface area contributed by atoms with Gasteiger partial charge >= 0.3 is 12.1 Å². The minimum Gasteiger partial charge on any atom is -0.336 e. The summed E-state index contributed by atoms with van der Waals surface area (Å²) in [7, 11) is 0. The molecule has 0 aliphatic carbocycles. The monoisotopic (exact) mass is 390 g/mol. The zero-order valence-corrected chi connectivity index (χ0v) is 13.4. The Kier molecular flexibility index (Phi) is 6.09. The number of nitrogens with one attached hydrogen (secondary N) is 2. The molecule has 0 saturated heterocycles. The van der Waals surface area contributed by atoms with Crippen molar-refractivity contribution in [2.45, 2.75) is 18.6 Å². The number of halogens is 6. The molecular formula is C17H12F6N2O2. The van der Waals surface area contributed by atoms with E-state index < -0.39 is 47.2 Å². The molecule has 2 N–H and O–H groups in total. The van der Waals surface area contributed by atoms with Gasteiger partial charge in [-0.05, 0) is 17.7 Å². The van der Waals surface area contributed by atoms with Crippen LogP contribution in [0.5, 0.6) is 0 Å². The third kappa shape index (κ3) is 5.22. The van der Waals surface area contributed by atoms with E-state index in [0.29, 0.717) is 17.7 Å². The summed E-state index contributed by atoms with van der Waals surface area (Å²) in [6.07, 6.45) is -5.59. The van der Waals surface area contributed by atoms with Crippen LogP contribution in [0.25, 0.3) is 0 Å². The van der Waals surface area contributed by atoms with Crippen LogP contribution in [0.4, 0.5) is 32.0 Å². The van der Waals surface area contributed by atoms with Gasteiger partial charge in [0.15, 0.2) is 17.5 Å². The van der Waals surface area contributed by atoms with Gasteiger partial charge in [-0.25, -0.2) is 13.2 Å². The molecule has 10 heteroatoms. The fourth-order valence-electron chi connectivity index (χ4n) is 2.14. The summed E-state index contributed by atoms with van der Waals surface area (Å²) in [5, 5.41) is 3.36. The topological polar surface area (TPSA) is 58.2 Å². The number of alkyl halides is 3. The Hall–Kier alpha value is -3.04. The van der Waals surface area contributed by atoms with Gasteiger partial charge in [0.2, 0.25) is 5.91 Å². The van der Waals surface area contributed by atoms with Crippen molar-refractivity contribution in [2.24, 2.45) is 0 Å². The molecule has 2 rings (SSSR count). The fourth-order valence-corrected chi connectivity index (χ4v) is 2.14. The van der Waals surface area contributed by atoms with Crippen molar-refractivity contribution in [3.8, 4) is 0 Å². The summed E-state index contributed by atoms with van der Waals surface area (Å²) in [6.45, 7) is 0. The Bertz CT molecular complexity index is 839. The van der Waals surface area contributed by atoms with Crippen molar-refractivity contribution >= 4 is 17.5 Å². The van der Waals surface area contributed by atoms with Gasteiger partial charge in [-0.1, -0.05) is 30.3 Å². The summed E-state index contributed by atoms with van der Waals surface area (Å²) in [4.78, 5) is 23.4. The van der Waals surface area contributed by atoms with E-state index in [1.54, 1.807) is 18.2 Å². The summed E-state index contributed by atoms with van der Waals surface area (Å²) in [5.74, 6) is -8.68. The summed E-state index contributed by atoms with van der Waals surface area (Å²) in [5.41, 5.74) is -0.371. The highest BCUT2D eigenvalue weighted by Crippen LogP contribution is 2.20. The van der Waals surface area contributed by atoms with Crippen molar-refractivity contribution in [3.63, 3.8) is 0 Å². The number of benzene rings is 2. The van der Waals surface area contributed by atoms with Gasteiger partial charge in [0.1, 0.15) is 6.04 Å². The smallest absolute Gasteiger partial charge is 0.336 e. The number of hydrogen-bond acceptors (Lipinski definition) is 2. The van der Waals surface area contributed by atoms with Gasteiger partial charge in [0, 0.05) is 6.42 Å². The molecule has 0 unspecified atom stereocenters. The van der Waals surface area contributed by atoms with E-state index in [1.807, 2.05) is 5.32 Å². The van der Waals surface area contributed by atoms with Crippen LogP contribution >= 0.6 is 0 Å². The molecule has 0 spiro atoms. The maximum atomic E-state index is 13.7. The van der Waals surface area contributed by atoms with Gasteiger partial charge in [0.05, 0.1) is 5.69 Å². The number of anilines is 1. The molecule has 27 heavy (non-hydrogen) atoms. The lowest BCUT2D eigenvalue weighted by atomic mass is 10.0. The van der Waals surface area contributed by atoms with Crippen LogP contribution < -0.4 is 10.6 Å². The molecule has 0 saturated carbocycles. The van der Waals surface area contributed by atoms with E-state index in [4.69, 9.17) is 0 Å². The molecule has 2 aromatic rings. The molecule has 1 atom stereocenters. The molecule has 0 heterocycles. The van der Waals surface area contributed by atoms with E-state index in [2.05, 4.69) is 0 Å². The van der Waals surface area contributed by atoms with Crippen molar-refractivity contribution in [1.29, 1.82) is 0 Å². The van der Waals surface area contributed by atoms with Crippen molar-refractivity contribution < 1.29 is 35.9 Å². The van der Waals surface area contributed by atoms with E-state index in [-0.39, 0.29) is 6.42 Å². The van der Waals surface area contributed by atoms with E-state index in [9.17, 15) is 35.9 Å². The largest absolute Gasteiger partial charge is 0.471 e. The number of amides is 2. The lowest BCUT2D eigenvalue weighted by molar-refractivity contribution is -0.174. The molecule has 0 bridgehead atoms. The summed E-state index contributed by atoms with van der Waals surface area (Å²) >= 11 is 0. The summed E-state index contributed by atoms with van der Waals surface area (Å²) < 4.78 is 77.4. The number of carbonyl (C=O) groups is 2. The lowest BCUT2D eigenvalue weighted by Gasteiger charge is -2.19. The van der Waals surface area contributed by atoms with E-state index in [1.165, 1.54) is 17.4 Å². The van der Waals surface area contributed by atoms with Crippen molar-refractivity contribution in [2.75, 3.05) is 5.32 Å². The highest BCUT2D eigenvalue weighted by atomic mass is 19.4. The van der Waals surface area contributed by atoms with Gasteiger partial charge in [-0.2, -0.15) is 13.2 Å². The quantitative estimate of drug-likeness (QED) is 0.608. The van der Waals surface area contributed by atoms with Gasteiger partial charge in [-0.3, -0.25) is 9.59 Å². The zero-order valence-electron chi connectivity index (χ0n) is 13.4. The highest BCUT2D eigenvalue weighted by Gasteiger charge is 2.41. The second-order valence-electron chi connectivity index (χ2n) is 5.43. The molecule has 0 radical (unpaired) electrons. The van der Waals surface area contributed by atoms with Crippen LogP contribution in [0.1, 0.15) is 5.56 Å². The minimum atomic E-state index is -5.25. The Labute approximate surface area is 149 Å². The number of carbonyl (C=O) groups excluding carboxylic acids is 2. The second kappa shape index (κ2) is 8.11. The standard InChI is InChI=1S/C17H12F6N2O2/c18-10-6-7-11(14(20)13(10)19)24-15(26)12(25-16(27)17(21,22)23)8-9-4-2-1-3-5-9/h1-7,12H,8H2,(H,24,26)(H,25,27)/t12-/m0/s1. The van der Waals surface area contributed by atoms with Crippen LogP contribution in [0.15, 0.2) is 42.5 Å². The fraction of sp³-hybridized carbons (Fsp3) is 0.176. The van der Waals surface area contributed by atoms with Gasteiger partial charge in [0.25, 0.3) is 0 Å². The van der Waals surface area contributed by atoms with E-state index in [0.717, 1.165) is 0 Å². The van der Waals surface area contributed by atoms with Gasteiger partial charge in [-0.15, -0.1) is 0 Å². The number of hydrogen-bond donors (Lipinski definition) is 2. The Morgan fingerprint density at radius 3 is 2.15 bits per heavy atom. The maximum absolute atomic E-state index is 13.7. The van der Waals surface area contributed by atoms with Gasteiger partial charge < -0.3 is 10.6 Å². The molecule has 0 aliphatic rings. The molecule has 144 valence electrons. The van der Waals surface area contributed by atoms with Crippen LogP contribution in [-0.2, 0) is 16.0 Å². The minimum absolute atomic E-state index is 0.347. The Morgan fingerprint density at radius 1 is 0.926 bits per heavy atom. The molecule has 4 nitrogen and oxygen atoms in total. The molecule has 2 aromatic carbocycles. The first-order valence-corrected chi connectivity index (χ1v) is 7.45. The molecule has 0 aromatic heterocycles. The second-order valence-corrected chi connectivity index (χ2v) is 5.43. The predicted octanol–water partition coefficient (Wildman–Crippen LogP) is 3.33. The third-order valence-corrected chi connectivity index (χ3v) is 3.45. The van der Waals surface area contributed by atoms with E-state index >= 15 is 0 Å². The lowest BCUT2D eigenvalue weighted by Crippen LogP contribution is -2.49. The predicted molar refractivity (Wildman–Crippen MR) is 83.1 cm³/mol. The molecular weight excluding hydrogens is 378 g/mol. The van der Waals surface area contributed by atoms with Crippen molar-refractivity contribution in [1.82, 2.24) is 5.32 Å². The number of rotatable bonds is 5. The van der Waals surface area contributed by atoms with Crippen LogP contribution in [-0.4, -0.2) is 24.0 Å². The molecule has 0 fully saturated rings. The maximum Gasteiger partial charge on any atom is 0.471 e. The first kappa shape index (κ1) is 20.3. The molecule has 2 amide bonds. The highest BCUT2D eigenvalue weighted by molar-refractivity contribution is 5.98.